The van der Waals surface area contributed by atoms with E-state index in [1.807, 2.05) is 10.9 Å². The van der Waals surface area contributed by atoms with Gasteiger partial charge in [0.05, 0.1) is 17.9 Å². The Hall–Kier alpha value is -1.20. The molecule has 2 heterocycles. The Labute approximate surface area is 118 Å². The van der Waals surface area contributed by atoms with Gasteiger partial charge in [-0.15, -0.1) is 11.3 Å². The summed E-state index contributed by atoms with van der Waals surface area (Å²) in [4.78, 5) is 5.97. The fraction of sp³-hybridized carbons (Fsp3) is 0.571. The molecule has 0 saturated heterocycles. The van der Waals surface area contributed by atoms with E-state index in [1.54, 1.807) is 11.3 Å². The number of hydrogen-bond donors (Lipinski definition) is 1. The van der Waals surface area contributed by atoms with E-state index in [9.17, 15) is 0 Å². The van der Waals surface area contributed by atoms with Gasteiger partial charge >= 0.3 is 0 Å². The van der Waals surface area contributed by atoms with Crippen molar-refractivity contribution >= 4 is 11.3 Å². The zero-order valence-corrected chi connectivity index (χ0v) is 12.9. The van der Waals surface area contributed by atoms with Crippen LogP contribution in [0.5, 0.6) is 0 Å². The van der Waals surface area contributed by atoms with E-state index < -0.39 is 0 Å². The fourth-order valence-corrected chi connectivity index (χ4v) is 3.08. The lowest BCUT2D eigenvalue weighted by atomic mass is 10.1. The van der Waals surface area contributed by atoms with E-state index in [-0.39, 0.29) is 6.04 Å². The van der Waals surface area contributed by atoms with Crippen molar-refractivity contribution in [1.29, 1.82) is 0 Å². The molecule has 2 aromatic rings. The maximum Gasteiger partial charge on any atom is 0.115 e. The molecular formula is C14H22N4S. The van der Waals surface area contributed by atoms with Crippen LogP contribution >= 0.6 is 11.3 Å². The van der Waals surface area contributed by atoms with Gasteiger partial charge in [-0.2, -0.15) is 5.10 Å². The Morgan fingerprint density at radius 3 is 2.74 bits per heavy atom. The predicted molar refractivity (Wildman–Crippen MR) is 79.6 cm³/mol. The van der Waals surface area contributed by atoms with Gasteiger partial charge in [0, 0.05) is 23.2 Å². The van der Waals surface area contributed by atoms with Crippen LogP contribution in [0.4, 0.5) is 0 Å². The van der Waals surface area contributed by atoms with Gasteiger partial charge in [-0.3, -0.25) is 4.68 Å². The topological polar surface area (TPSA) is 42.7 Å². The first-order valence-electron chi connectivity index (χ1n) is 6.85. The summed E-state index contributed by atoms with van der Waals surface area (Å²) in [6.07, 6.45) is 5.18. The minimum Gasteiger partial charge on any atom is -0.304 e. The minimum atomic E-state index is 0.160. The first kappa shape index (κ1) is 14.2. The lowest BCUT2D eigenvalue weighted by Crippen LogP contribution is -2.21. The number of nitrogens with zero attached hydrogens (tertiary/aromatic N) is 3. The molecule has 4 nitrogen and oxygen atoms in total. The van der Waals surface area contributed by atoms with Gasteiger partial charge in [0.25, 0.3) is 0 Å². The summed E-state index contributed by atoms with van der Waals surface area (Å²) in [5.41, 5.74) is 2.33. The monoisotopic (exact) mass is 278 g/mol. The third kappa shape index (κ3) is 3.22. The largest absolute Gasteiger partial charge is 0.304 e. The smallest absolute Gasteiger partial charge is 0.115 e. The third-order valence-corrected chi connectivity index (χ3v) is 4.28. The quantitative estimate of drug-likeness (QED) is 0.883. The maximum atomic E-state index is 4.68. The maximum absolute atomic E-state index is 4.68. The standard InChI is InChI=1S/C14H22N4S/c1-5-7-18-9-12(8-16-18)13(15-6-2)14-17-10(3)11(4)19-14/h8-9,13,15H,5-7H2,1-4H3. The van der Waals surface area contributed by atoms with Crippen molar-refractivity contribution in [2.45, 2.75) is 46.7 Å². The molecule has 0 amide bonds. The van der Waals surface area contributed by atoms with E-state index in [1.165, 1.54) is 10.4 Å². The lowest BCUT2D eigenvalue weighted by Gasteiger charge is -2.13. The van der Waals surface area contributed by atoms with E-state index in [4.69, 9.17) is 0 Å². The van der Waals surface area contributed by atoms with Gasteiger partial charge in [0.2, 0.25) is 0 Å². The number of nitrogens with one attached hydrogen (secondary N) is 1. The minimum absolute atomic E-state index is 0.160. The first-order valence-corrected chi connectivity index (χ1v) is 7.67. The van der Waals surface area contributed by atoms with Crippen LogP contribution in [0.15, 0.2) is 12.4 Å². The van der Waals surface area contributed by atoms with Gasteiger partial charge in [0.15, 0.2) is 0 Å². The predicted octanol–water partition coefficient (Wildman–Crippen LogP) is 3.07. The van der Waals surface area contributed by atoms with Crippen molar-refractivity contribution in [2.24, 2.45) is 0 Å². The number of aryl methyl sites for hydroxylation is 3. The summed E-state index contributed by atoms with van der Waals surface area (Å²) in [5.74, 6) is 0. The van der Waals surface area contributed by atoms with Crippen LogP contribution < -0.4 is 5.32 Å². The molecule has 0 aliphatic heterocycles. The molecule has 0 spiro atoms. The van der Waals surface area contributed by atoms with Gasteiger partial charge in [0.1, 0.15) is 5.01 Å². The molecule has 0 fully saturated rings. The van der Waals surface area contributed by atoms with Crippen molar-refractivity contribution in [3.05, 3.63) is 33.5 Å². The summed E-state index contributed by atoms with van der Waals surface area (Å²) in [7, 11) is 0. The molecule has 5 heteroatoms. The molecule has 2 rings (SSSR count). The van der Waals surface area contributed by atoms with Gasteiger partial charge < -0.3 is 5.32 Å². The van der Waals surface area contributed by atoms with Crippen molar-refractivity contribution in [1.82, 2.24) is 20.1 Å². The van der Waals surface area contributed by atoms with Crippen LogP contribution in [-0.2, 0) is 6.54 Å². The highest BCUT2D eigenvalue weighted by Gasteiger charge is 2.19. The molecule has 1 N–H and O–H groups in total. The van der Waals surface area contributed by atoms with Crippen molar-refractivity contribution in [3.63, 3.8) is 0 Å². The second kappa shape index (κ2) is 6.30. The van der Waals surface area contributed by atoms with Crippen molar-refractivity contribution in [3.8, 4) is 0 Å². The Kier molecular flexibility index (Phi) is 4.71. The van der Waals surface area contributed by atoms with Gasteiger partial charge in [-0.05, 0) is 26.8 Å². The highest BCUT2D eigenvalue weighted by Crippen LogP contribution is 2.27. The number of aromatic nitrogens is 3. The van der Waals surface area contributed by atoms with Crippen LogP contribution in [0.1, 0.15) is 47.5 Å². The van der Waals surface area contributed by atoms with Crippen molar-refractivity contribution in [2.75, 3.05) is 6.54 Å². The molecule has 0 radical (unpaired) electrons. The Morgan fingerprint density at radius 1 is 1.37 bits per heavy atom. The molecule has 0 saturated carbocycles. The molecule has 0 aromatic carbocycles. The Balaban J connectivity index is 2.27. The number of thiazole rings is 1. The molecule has 1 atom stereocenters. The number of rotatable bonds is 6. The summed E-state index contributed by atoms with van der Waals surface area (Å²) < 4.78 is 2.01. The summed E-state index contributed by atoms with van der Waals surface area (Å²) >= 11 is 1.77. The van der Waals surface area contributed by atoms with E-state index >= 15 is 0 Å². The molecule has 0 aliphatic rings. The Morgan fingerprint density at radius 2 is 2.16 bits per heavy atom. The SMILES string of the molecule is CCCn1cc(C(NCC)c2nc(C)c(C)s2)cn1. The summed E-state index contributed by atoms with van der Waals surface area (Å²) in [6, 6.07) is 0.160. The zero-order valence-electron chi connectivity index (χ0n) is 12.1. The van der Waals surface area contributed by atoms with Crippen LogP contribution in [0.3, 0.4) is 0 Å². The van der Waals surface area contributed by atoms with Crippen molar-refractivity contribution < 1.29 is 0 Å². The molecule has 1 unspecified atom stereocenters. The van der Waals surface area contributed by atoms with Crippen LogP contribution in [0.2, 0.25) is 0 Å². The Bertz CT molecular complexity index is 510. The molecule has 2 aromatic heterocycles. The van der Waals surface area contributed by atoms with Gasteiger partial charge in [-0.1, -0.05) is 13.8 Å². The molecule has 0 aliphatic carbocycles. The average Bonchev–Trinajstić information content (AvgIpc) is 2.95. The van der Waals surface area contributed by atoms with E-state index in [0.717, 1.165) is 30.2 Å². The summed E-state index contributed by atoms with van der Waals surface area (Å²) in [5, 5.41) is 9.06. The first-order chi connectivity index (χ1) is 9.15. The number of hydrogen-bond acceptors (Lipinski definition) is 4. The van der Waals surface area contributed by atoms with E-state index in [0.29, 0.717) is 0 Å². The van der Waals surface area contributed by atoms with Crippen LogP contribution in [0.25, 0.3) is 0 Å². The highest BCUT2D eigenvalue weighted by molar-refractivity contribution is 7.11. The molecule has 19 heavy (non-hydrogen) atoms. The second-order valence-corrected chi connectivity index (χ2v) is 5.96. The highest BCUT2D eigenvalue weighted by atomic mass is 32.1. The fourth-order valence-electron chi connectivity index (χ4n) is 2.05. The normalized spacial score (nSPS) is 12.8. The second-order valence-electron chi connectivity index (χ2n) is 4.72. The molecular weight excluding hydrogens is 256 g/mol. The van der Waals surface area contributed by atoms with Crippen LogP contribution in [-0.4, -0.2) is 21.3 Å². The zero-order chi connectivity index (χ0) is 13.8. The summed E-state index contributed by atoms with van der Waals surface area (Å²) in [6.45, 7) is 10.4. The van der Waals surface area contributed by atoms with E-state index in [2.05, 4.69) is 49.3 Å². The third-order valence-electron chi connectivity index (χ3n) is 3.14. The molecule has 0 bridgehead atoms. The van der Waals surface area contributed by atoms with Gasteiger partial charge in [-0.25, -0.2) is 4.98 Å². The average molecular weight is 278 g/mol. The molecule has 104 valence electrons. The lowest BCUT2D eigenvalue weighted by molar-refractivity contribution is 0.596. The van der Waals surface area contributed by atoms with Crippen LogP contribution in [0, 0.1) is 13.8 Å².